The fourth-order valence-corrected chi connectivity index (χ4v) is 2.22. The standard InChI is InChI=1S/C10H10BrF2NO2/c1-5-4-14-9(10(12)13)6(2-8(15)16)7(5)3-11/h4,10H,2-3H2,1H3,(H,15,16). The van der Waals surface area contributed by atoms with Crippen molar-refractivity contribution >= 4 is 21.9 Å². The van der Waals surface area contributed by atoms with Crippen LogP contribution in [0.25, 0.3) is 0 Å². The van der Waals surface area contributed by atoms with Crippen molar-refractivity contribution in [1.29, 1.82) is 0 Å². The molecular weight excluding hydrogens is 284 g/mol. The van der Waals surface area contributed by atoms with Gasteiger partial charge in [0.15, 0.2) is 0 Å². The molecule has 1 aromatic rings. The van der Waals surface area contributed by atoms with E-state index in [1.54, 1.807) is 6.92 Å². The number of nitrogens with zero attached hydrogens (tertiary/aromatic N) is 1. The molecule has 0 aromatic carbocycles. The number of pyridine rings is 1. The van der Waals surface area contributed by atoms with Crippen molar-refractivity contribution in [3.8, 4) is 0 Å². The molecule has 0 atom stereocenters. The van der Waals surface area contributed by atoms with Crippen molar-refractivity contribution in [1.82, 2.24) is 4.98 Å². The minimum Gasteiger partial charge on any atom is -0.481 e. The second-order valence-corrected chi connectivity index (χ2v) is 3.85. The van der Waals surface area contributed by atoms with Gasteiger partial charge in [0.1, 0.15) is 5.69 Å². The molecule has 0 unspecified atom stereocenters. The average molecular weight is 294 g/mol. The summed E-state index contributed by atoms with van der Waals surface area (Å²) in [6, 6.07) is 0. The molecule has 1 aromatic heterocycles. The minimum atomic E-state index is -2.76. The van der Waals surface area contributed by atoms with Crippen LogP contribution >= 0.6 is 15.9 Å². The van der Waals surface area contributed by atoms with Gasteiger partial charge in [0.05, 0.1) is 6.42 Å². The zero-order valence-electron chi connectivity index (χ0n) is 8.51. The van der Waals surface area contributed by atoms with E-state index in [4.69, 9.17) is 5.11 Å². The lowest BCUT2D eigenvalue weighted by molar-refractivity contribution is -0.136. The molecule has 0 amide bonds. The van der Waals surface area contributed by atoms with Gasteiger partial charge in [0, 0.05) is 11.5 Å². The molecule has 0 fully saturated rings. The molecule has 0 aliphatic heterocycles. The maximum absolute atomic E-state index is 12.7. The summed E-state index contributed by atoms with van der Waals surface area (Å²) in [6.45, 7) is 1.71. The van der Waals surface area contributed by atoms with Crippen LogP contribution in [0.2, 0.25) is 0 Å². The van der Waals surface area contributed by atoms with Crippen molar-refractivity contribution in [2.24, 2.45) is 0 Å². The summed E-state index contributed by atoms with van der Waals surface area (Å²) in [5.74, 6) is -1.14. The molecule has 0 saturated heterocycles. The molecular formula is C10H10BrF2NO2. The zero-order chi connectivity index (χ0) is 12.3. The fraction of sp³-hybridized carbons (Fsp3) is 0.400. The lowest BCUT2D eigenvalue weighted by Gasteiger charge is -2.12. The van der Waals surface area contributed by atoms with E-state index in [2.05, 4.69) is 20.9 Å². The summed E-state index contributed by atoms with van der Waals surface area (Å²) >= 11 is 3.17. The van der Waals surface area contributed by atoms with Gasteiger partial charge in [-0.3, -0.25) is 9.78 Å². The molecule has 0 bridgehead atoms. The summed E-state index contributed by atoms with van der Waals surface area (Å²) in [4.78, 5) is 14.2. The van der Waals surface area contributed by atoms with Crippen LogP contribution in [0.1, 0.15) is 28.8 Å². The van der Waals surface area contributed by atoms with Gasteiger partial charge in [-0.1, -0.05) is 15.9 Å². The van der Waals surface area contributed by atoms with Crippen LogP contribution in [-0.4, -0.2) is 16.1 Å². The third-order valence-electron chi connectivity index (χ3n) is 2.22. The van der Waals surface area contributed by atoms with E-state index >= 15 is 0 Å². The van der Waals surface area contributed by atoms with E-state index in [0.29, 0.717) is 16.5 Å². The van der Waals surface area contributed by atoms with Crippen molar-refractivity contribution < 1.29 is 18.7 Å². The zero-order valence-corrected chi connectivity index (χ0v) is 10.1. The molecule has 0 radical (unpaired) electrons. The SMILES string of the molecule is Cc1cnc(C(F)F)c(CC(=O)O)c1CBr. The number of carboxylic acids is 1. The van der Waals surface area contributed by atoms with Gasteiger partial charge in [-0.25, -0.2) is 8.78 Å². The Balaban J connectivity index is 3.34. The number of hydrogen-bond acceptors (Lipinski definition) is 2. The number of aliphatic carboxylic acids is 1. The Morgan fingerprint density at radius 1 is 1.56 bits per heavy atom. The Labute approximate surface area is 99.6 Å². The Morgan fingerprint density at radius 3 is 2.62 bits per heavy atom. The van der Waals surface area contributed by atoms with Crippen LogP contribution in [-0.2, 0) is 16.5 Å². The van der Waals surface area contributed by atoms with E-state index < -0.39 is 24.5 Å². The third-order valence-corrected chi connectivity index (χ3v) is 2.78. The first-order valence-corrected chi connectivity index (χ1v) is 5.62. The highest BCUT2D eigenvalue weighted by Gasteiger charge is 2.20. The van der Waals surface area contributed by atoms with Gasteiger partial charge in [-0.15, -0.1) is 0 Å². The van der Waals surface area contributed by atoms with Crippen LogP contribution in [0.4, 0.5) is 8.78 Å². The van der Waals surface area contributed by atoms with Gasteiger partial charge in [0.25, 0.3) is 6.43 Å². The van der Waals surface area contributed by atoms with Gasteiger partial charge in [0.2, 0.25) is 0 Å². The van der Waals surface area contributed by atoms with Crippen LogP contribution in [0, 0.1) is 6.92 Å². The van der Waals surface area contributed by atoms with Crippen molar-refractivity contribution in [3.63, 3.8) is 0 Å². The van der Waals surface area contributed by atoms with Gasteiger partial charge in [-0.2, -0.15) is 0 Å². The van der Waals surface area contributed by atoms with Crippen LogP contribution in [0.5, 0.6) is 0 Å². The topological polar surface area (TPSA) is 50.2 Å². The van der Waals surface area contributed by atoms with E-state index in [-0.39, 0.29) is 5.56 Å². The maximum Gasteiger partial charge on any atom is 0.307 e. The monoisotopic (exact) mass is 293 g/mol. The predicted molar refractivity (Wildman–Crippen MR) is 57.9 cm³/mol. The number of alkyl halides is 3. The Hall–Kier alpha value is -1.04. The molecule has 0 aliphatic carbocycles. The number of hydrogen-bond donors (Lipinski definition) is 1. The highest BCUT2D eigenvalue weighted by atomic mass is 79.9. The highest BCUT2D eigenvalue weighted by Crippen LogP contribution is 2.27. The number of carbonyl (C=O) groups is 1. The van der Waals surface area contributed by atoms with E-state index in [1.165, 1.54) is 6.20 Å². The Bertz CT molecular complexity index is 410. The minimum absolute atomic E-state index is 0.111. The van der Waals surface area contributed by atoms with Crippen molar-refractivity contribution in [2.75, 3.05) is 0 Å². The predicted octanol–water partition coefficient (Wildman–Crippen LogP) is 2.85. The number of aromatic nitrogens is 1. The summed E-state index contributed by atoms with van der Waals surface area (Å²) in [5.41, 5.74) is 0.951. The normalized spacial score (nSPS) is 10.8. The highest BCUT2D eigenvalue weighted by molar-refractivity contribution is 9.08. The smallest absolute Gasteiger partial charge is 0.307 e. The molecule has 0 saturated carbocycles. The van der Waals surface area contributed by atoms with Crippen LogP contribution in [0.15, 0.2) is 6.20 Å². The number of halogens is 3. The van der Waals surface area contributed by atoms with E-state index in [1.807, 2.05) is 0 Å². The largest absolute Gasteiger partial charge is 0.481 e. The molecule has 1 N–H and O–H groups in total. The molecule has 0 spiro atoms. The molecule has 16 heavy (non-hydrogen) atoms. The molecule has 6 heteroatoms. The average Bonchev–Trinajstić information content (AvgIpc) is 2.16. The quantitative estimate of drug-likeness (QED) is 0.869. The second-order valence-electron chi connectivity index (χ2n) is 3.29. The maximum atomic E-state index is 12.7. The molecule has 1 rings (SSSR count). The molecule has 1 heterocycles. The van der Waals surface area contributed by atoms with Crippen LogP contribution < -0.4 is 0 Å². The van der Waals surface area contributed by atoms with Crippen LogP contribution in [0.3, 0.4) is 0 Å². The van der Waals surface area contributed by atoms with Gasteiger partial charge in [-0.05, 0) is 23.6 Å². The summed E-state index contributed by atoms with van der Waals surface area (Å²) < 4.78 is 25.3. The summed E-state index contributed by atoms with van der Waals surface area (Å²) in [6.07, 6.45) is -1.86. The number of carboxylic acid groups (broad SMARTS) is 1. The molecule has 88 valence electrons. The molecule has 0 aliphatic rings. The first-order chi connectivity index (χ1) is 7.47. The first-order valence-electron chi connectivity index (χ1n) is 4.50. The van der Waals surface area contributed by atoms with Gasteiger partial charge < -0.3 is 5.11 Å². The van der Waals surface area contributed by atoms with E-state index in [9.17, 15) is 13.6 Å². The lowest BCUT2D eigenvalue weighted by Crippen LogP contribution is -2.10. The number of rotatable bonds is 4. The summed E-state index contributed by atoms with van der Waals surface area (Å²) in [7, 11) is 0. The lowest BCUT2D eigenvalue weighted by atomic mass is 10.0. The second kappa shape index (κ2) is 5.34. The first kappa shape index (κ1) is 13.0. The fourth-order valence-electron chi connectivity index (χ4n) is 1.44. The Kier molecular flexibility index (Phi) is 4.35. The van der Waals surface area contributed by atoms with Gasteiger partial charge >= 0.3 is 5.97 Å². The van der Waals surface area contributed by atoms with Crippen molar-refractivity contribution in [3.05, 3.63) is 28.6 Å². The Morgan fingerprint density at radius 2 is 2.19 bits per heavy atom. The van der Waals surface area contributed by atoms with Crippen molar-refractivity contribution in [2.45, 2.75) is 25.1 Å². The van der Waals surface area contributed by atoms with E-state index in [0.717, 1.165) is 0 Å². The number of aryl methyl sites for hydroxylation is 1. The third kappa shape index (κ3) is 2.75. The summed E-state index contributed by atoms with van der Waals surface area (Å²) in [5, 5.41) is 9.03. The molecule has 3 nitrogen and oxygen atoms in total.